The molecule has 1 aromatic heterocycles. The quantitative estimate of drug-likeness (QED) is 0.894. The van der Waals surface area contributed by atoms with E-state index in [4.69, 9.17) is 16.7 Å². The maximum atomic E-state index is 10.9. The van der Waals surface area contributed by atoms with E-state index >= 15 is 0 Å². The van der Waals surface area contributed by atoms with Crippen molar-refractivity contribution in [3.05, 3.63) is 53.2 Å². The third kappa shape index (κ3) is 3.45. The number of carboxylic acids is 1. The highest BCUT2D eigenvalue weighted by molar-refractivity contribution is 6.30. The number of nitrogens with one attached hydrogen (secondary N) is 1. The molecule has 1 heterocycles. The lowest BCUT2D eigenvalue weighted by Crippen LogP contribution is -2.07. The summed E-state index contributed by atoms with van der Waals surface area (Å²) in [5.41, 5.74) is 1.61. The summed E-state index contributed by atoms with van der Waals surface area (Å²) in [5.74, 6) is -0.661. The lowest BCUT2D eigenvalue weighted by molar-refractivity contribution is -0.138. The number of aromatic nitrogens is 1. The third-order valence-electron chi connectivity index (χ3n) is 2.78. The summed E-state index contributed by atoms with van der Waals surface area (Å²) in [4.78, 5) is 15.0. The maximum Gasteiger partial charge on any atom is 0.310 e. The molecule has 4 nitrogen and oxygen atoms in total. The molecule has 0 aliphatic rings. The van der Waals surface area contributed by atoms with Gasteiger partial charge in [-0.05, 0) is 36.8 Å². The van der Waals surface area contributed by atoms with Crippen molar-refractivity contribution >= 4 is 29.1 Å². The Hall–Kier alpha value is -2.07. The van der Waals surface area contributed by atoms with Gasteiger partial charge in [0.15, 0.2) is 0 Å². The number of anilines is 2. The Kier molecular flexibility index (Phi) is 4.02. The number of carboxylic acid groups (broad SMARTS) is 1. The average Bonchev–Trinajstić information content (AvgIpc) is 2.41. The van der Waals surface area contributed by atoms with E-state index in [0.717, 1.165) is 11.3 Å². The number of pyridine rings is 1. The Morgan fingerprint density at radius 2 is 1.95 bits per heavy atom. The van der Waals surface area contributed by atoms with Crippen molar-refractivity contribution in [2.75, 3.05) is 5.32 Å². The minimum absolute atomic E-state index is 0.511. The first-order chi connectivity index (χ1) is 9.06. The zero-order valence-electron chi connectivity index (χ0n) is 10.3. The molecule has 1 unspecified atom stereocenters. The van der Waals surface area contributed by atoms with Crippen molar-refractivity contribution in [3.8, 4) is 0 Å². The highest BCUT2D eigenvalue weighted by Crippen LogP contribution is 2.20. The summed E-state index contributed by atoms with van der Waals surface area (Å²) >= 11 is 5.75. The molecule has 5 heteroatoms. The van der Waals surface area contributed by atoms with Crippen LogP contribution in [0.4, 0.5) is 11.5 Å². The van der Waals surface area contributed by atoms with Gasteiger partial charge in [-0.2, -0.15) is 0 Å². The highest BCUT2D eigenvalue weighted by Gasteiger charge is 2.12. The van der Waals surface area contributed by atoms with Gasteiger partial charge >= 0.3 is 5.97 Å². The van der Waals surface area contributed by atoms with E-state index in [1.165, 1.54) is 0 Å². The van der Waals surface area contributed by atoms with Crippen molar-refractivity contribution in [1.29, 1.82) is 0 Å². The van der Waals surface area contributed by atoms with E-state index in [1.54, 1.807) is 37.4 Å². The molecule has 0 amide bonds. The van der Waals surface area contributed by atoms with Gasteiger partial charge in [-0.3, -0.25) is 4.79 Å². The first-order valence-corrected chi connectivity index (χ1v) is 6.15. The molecule has 0 bridgehead atoms. The van der Waals surface area contributed by atoms with Crippen LogP contribution in [-0.2, 0) is 4.79 Å². The van der Waals surface area contributed by atoms with Crippen LogP contribution in [0.1, 0.15) is 18.4 Å². The Morgan fingerprint density at radius 3 is 2.47 bits per heavy atom. The van der Waals surface area contributed by atoms with Gasteiger partial charge in [0.2, 0.25) is 0 Å². The van der Waals surface area contributed by atoms with Gasteiger partial charge in [-0.15, -0.1) is 0 Å². The first-order valence-electron chi connectivity index (χ1n) is 5.77. The molecular formula is C14H13ClN2O2. The van der Waals surface area contributed by atoms with Crippen molar-refractivity contribution in [2.24, 2.45) is 0 Å². The van der Waals surface area contributed by atoms with Crippen LogP contribution in [0.3, 0.4) is 0 Å². The van der Waals surface area contributed by atoms with E-state index in [-0.39, 0.29) is 0 Å². The molecule has 0 saturated heterocycles. The Labute approximate surface area is 116 Å². The standard InChI is InChI=1S/C14H13ClN2O2/c1-9(14(18)19)10-2-5-12(6-3-10)17-13-7-4-11(15)8-16-13/h2-9H,1H3,(H,16,17)(H,18,19). The number of halogens is 1. The van der Waals surface area contributed by atoms with Crippen LogP contribution in [0.25, 0.3) is 0 Å². The summed E-state index contributed by atoms with van der Waals surface area (Å²) in [6.45, 7) is 1.66. The minimum Gasteiger partial charge on any atom is -0.481 e. The normalized spacial score (nSPS) is 11.9. The summed E-state index contributed by atoms with van der Waals surface area (Å²) in [6.07, 6.45) is 1.56. The summed E-state index contributed by atoms with van der Waals surface area (Å²) in [5, 5.41) is 12.6. The van der Waals surface area contributed by atoms with Crippen LogP contribution in [0, 0.1) is 0 Å². The largest absolute Gasteiger partial charge is 0.481 e. The molecule has 0 aliphatic carbocycles. The van der Waals surface area contributed by atoms with Gasteiger partial charge in [-0.1, -0.05) is 23.7 Å². The predicted octanol–water partition coefficient (Wildman–Crippen LogP) is 3.67. The Balaban J connectivity index is 2.10. The molecule has 0 saturated carbocycles. The molecule has 2 aromatic rings. The molecular weight excluding hydrogens is 264 g/mol. The number of rotatable bonds is 4. The molecule has 0 fully saturated rings. The number of aliphatic carboxylic acids is 1. The number of hydrogen-bond donors (Lipinski definition) is 2. The SMILES string of the molecule is CC(C(=O)O)c1ccc(Nc2ccc(Cl)cn2)cc1. The van der Waals surface area contributed by atoms with Crippen LogP contribution in [0.2, 0.25) is 5.02 Å². The van der Waals surface area contributed by atoms with Crippen molar-refractivity contribution in [1.82, 2.24) is 4.98 Å². The maximum absolute atomic E-state index is 10.9. The van der Waals surface area contributed by atoms with Crippen molar-refractivity contribution < 1.29 is 9.90 Å². The predicted molar refractivity (Wildman–Crippen MR) is 75.0 cm³/mol. The molecule has 0 spiro atoms. The lowest BCUT2D eigenvalue weighted by Gasteiger charge is -2.09. The fraction of sp³-hybridized carbons (Fsp3) is 0.143. The molecule has 1 atom stereocenters. The fourth-order valence-corrected chi connectivity index (χ4v) is 1.71. The molecule has 1 aromatic carbocycles. The number of carbonyl (C=O) groups is 1. The van der Waals surface area contributed by atoms with Crippen LogP contribution in [-0.4, -0.2) is 16.1 Å². The second-order valence-electron chi connectivity index (χ2n) is 4.17. The minimum atomic E-state index is -0.833. The average molecular weight is 277 g/mol. The molecule has 2 N–H and O–H groups in total. The van der Waals surface area contributed by atoms with Gasteiger partial charge in [0.05, 0.1) is 10.9 Å². The van der Waals surface area contributed by atoms with Gasteiger partial charge in [-0.25, -0.2) is 4.98 Å². The fourth-order valence-electron chi connectivity index (χ4n) is 1.60. The van der Waals surface area contributed by atoms with Crippen LogP contribution in [0.5, 0.6) is 0 Å². The molecule has 0 aliphatic heterocycles. The van der Waals surface area contributed by atoms with Crippen molar-refractivity contribution in [2.45, 2.75) is 12.8 Å². The Bertz CT molecular complexity index is 567. The monoisotopic (exact) mass is 276 g/mol. The van der Waals surface area contributed by atoms with Crippen LogP contribution >= 0.6 is 11.6 Å². The Morgan fingerprint density at radius 1 is 1.26 bits per heavy atom. The van der Waals surface area contributed by atoms with E-state index < -0.39 is 11.9 Å². The van der Waals surface area contributed by atoms with Crippen LogP contribution < -0.4 is 5.32 Å². The van der Waals surface area contributed by atoms with Crippen LogP contribution in [0.15, 0.2) is 42.6 Å². The van der Waals surface area contributed by atoms with E-state index in [0.29, 0.717) is 10.8 Å². The van der Waals surface area contributed by atoms with E-state index in [1.807, 2.05) is 12.1 Å². The van der Waals surface area contributed by atoms with E-state index in [9.17, 15) is 4.79 Å². The zero-order valence-corrected chi connectivity index (χ0v) is 11.1. The van der Waals surface area contributed by atoms with E-state index in [2.05, 4.69) is 10.3 Å². The second kappa shape index (κ2) is 5.71. The molecule has 19 heavy (non-hydrogen) atoms. The zero-order chi connectivity index (χ0) is 13.8. The first kappa shape index (κ1) is 13.4. The number of benzene rings is 1. The number of nitrogens with zero attached hydrogens (tertiary/aromatic N) is 1. The van der Waals surface area contributed by atoms with Gasteiger partial charge in [0.1, 0.15) is 5.82 Å². The van der Waals surface area contributed by atoms with Gasteiger partial charge in [0.25, 0.3) is 0 Å². The smallest absolute Gasteiger partial charge is 0.310 e. The number of hydrogen-bond acceptors (Lipinski definition) is 3. The summed E-state index contributed by atoms with van der Waals surface area (Å²) < 4.78 is 0. The highest BCUT2D eigenvalue weighted by atomic mass is 35.5. The van der Waals surface area contributed by atoms with Gasteiger partial charge < -0.3 is 10.4 Å². The summed E-state index contributed by atoms with van der Waals surface area (Å²) in [6, 6.07) is 10.7. The van der Waals surface area contributed by atoms with Crippen molar-refractivity contribution in [3.63, 3.8) is 0 Å². The van der Waals surface area contributed by atoms with Gasteiger partial charge in [0, 0.05) is 11.9 Å². The second-order valence-corrected chi connectivity index (χ2v) is 4.61. The topological polar surface area (TPSA) is 62.2 Å². The molecule has 98 valence electrons. The molecule has 0 radical (unpaired) electrons. The third-order valence-corrected chi connectivity index (χ3v) is 3.00. The molecule has 2 rings (SSSR count). The lowest BCUT2D eigenvalue weighted by atomic mass is 10.0. The summed E-state index contributed by atoms with van der Waals surface area (Å²) in [7, 11) is 0.